The van der Waals surface area contributed by atoms with Crippen LogP contribution in [-0.4, -0.2) is 18.1 Å². The predicted molar refractivity (Wildman–Crippen MR) is 79.2 cm³/mol. The van der Waals surface area contributed by atoms with Crippen LogP contribution in [0.3, 0.4) is 0 Å². The van der Waals surface area contributed by atoms with Gasteiger partial charge in [-0.3, -0.25) is 0 Å². The molecule has 2 heterocycles. The van der Waals surface area contributed by atoms with E-state index >= 15 is 0 Å². The summed E-state index contributed by atoms with van der Waals surface area (Å²) in [6.45, 7) is 4.34. The van der Waals surface area contributed by atoms with Crippen molar-refractivity contribution in [2.75, 3.05) is 18.0 Å². The van der Waals surface area contributed by atoms with E-state index in [0.717, 1.165) is 18.9 Å². The number of hydrogen-bond donors (Lipinski definition) is 1. The molecule has 0 radical (unpaired) electrons. The van der Waals surface area contributed by atoms with Crippen molar-refractivity contribution in [1.82, 2.24) is 4.98 Å². The van der Waals surface area contributed by atoms with Crippen molar-refractivity contribution in [1.29, 1.82) is 0 Å². The van der Waals surface area contributed by atoms with E-state index in [4.69, 9.17) is 5.73 Å². The summed E-state index contributed by atoms with van der Waals surface area (Å²) >= 11 is 0. The molecule has 1 aliphatic carbocycles. The SMILES string of the molecule is C[C@H](N)c1cccnc1N1CCC2(CCCC2)CC1. The maximum Gasteiger partial charge on any atom is 0.133 e. The molecule has 0 aromatic carbocycles. The topological polar surface area (TPSA) is 42.1 Å². The van der Waals surface area contributed by atoms with Gasteiger partial charge in [0, 0.05) is 30.9 Å². The zero-order chi connectivity index (χ0) is 13.3. The molecule has 2 aliphatic rings. The first-order chi connectivity index (χ1) is 9.20. The monoisotopic (exact) mass is 259 g/mol. The lowest BCUT2D eigenvalue weighted by atomic mass is 9.77. The minimum atomic E-state index is 0.0612. The van der Waals surface area contributed by atoms with Crippen molar-refractivity contribution in [3.05, 3.63) is 23.9 Å². The van der Waals surface area contributed by atoms with E-state index in [0.29, 0.717) is 5.41 Å². The van der Waals surface area contributed by atoms with Gasteiger partial charge in [0.25, 0.3) is 0 Å². The lowest BCUT2D eigenvalue weighted by molar-refractivity contribution is 0.226. The molecule has 1 aromatic heterocycles. The number of nitrogens with zero attached hydrogens (tertiary/aromatic N) is 2. The number of anilines is 1. The largest absolute Gasteiger partial charge is 0.356 e. The molecule has 0 amide bonds. The highest BCUT2D eigenvalue weighted by Crippen LogP contribution is 2.46. The zero-order valence-corrected chi connectivity index (χ0v) is 11.9. The molecule has 3 rings (SSSR count). The Bertz CT molecular complexity index is 425. The predicted octanol–water partition coefficient (Wildman–Crippen LogP) is 3.26. The zero-order valence-electron chi connectivity index (χ0n) is 11.9. The Kier molecular flexibility index (Phi) is 3.48. The molecule has 3 nitrogen and oxygen atoms in total. The Morgan fingerprint density at radius 1 is 1.21 bits per heavy atom. The van der Waals surface area contributed by atoms with Gasteiger partial charge in [0.2, 0.25) is 0 Å². The third-order valence-electron chi connectivity index (χ3n) is 5.10. The van der Waals surface area contributed by atoms with E-state index in [1.54, 1.807) is 0 Å². The number of pyridine rings is 1. The van der Waals surface area contributed by atoms with Crippen molar-refractivity contribution < 1.29 is 0 Å². The Hall–Kier alpha value is -1.09. The van der Waals surface area contributed by atoms with Gasteiger partial charge in [0.1, 0.15) is 5.82 Å². The lowest BCUT2D eigenvalue weighted by Crippen LogP contribution is -2.40. The van der Waals surface area contributed by atoms with Crippen molar-refractivity contribution in [2.24, 2.45) is 11.1 Å². The van der Waals surface area contributed by atoms with Crippen LogP contribution in [0.4, 0.5) is 5.82 Å². The summed E-state index contributed by atoms with van der Waals surface area (Å²) in [7, 11) is 0. The summed E-state index contributed by atoms with van der Waals surface area (Å²) in [6, 6.07) is 4.17. The van der Waals surface area contributed by atoms with Crippen LogP contribution in [0.2, 0.25) is 0 Å². The van der Waals surface area contributed by atoms with Crippen LogP contribution < -0.4 is 10.6 Å². The number of aromatic nitrogens is 1. The fraction of sp³-hybridized carbons (Fsp3) is 0.688. The fourth-order valence-electron chi connectivity index (χ4n) is 3.85. The normalized spacial score (nSPS) is 23.8. The fourth-order valence-corrected chi connectivity index (χ4v) is 3.85. The van der Waals surface area contributed by atoms with Crippen LogP contribution in [0.5, 0.6) is 0 Å². The van der Waals surface area contributed by atoms with Crippen LogP contribution in [0, 0.1) is 5.41 Å². The molecule has 0 unspecified atom stereocenters. The Morgan fingerprint density at radius 3 is 2.53 bits per heavy atom. The van der Waals surface area contributed by atoms with E-state index in [1.165, 1.54) is 44.1 Å². The molecular weight excluding hydrogens is 234 g/mol. The minimum absolute atomic E-state index is 0.0612. The number of rotatable bonds is 2. The molecule has 19 heavy (non-hydrogen) atoms. The van der Waals surface area contributed by atoms with E-state index in [2.05, 4.69) is 16.0 Å². The number of piperidine rings is 1. The van der Waals surface area contributed by atoms with Crippen molar-refractivity contribution in [3.8, 4) is 0 Å². The molecule has 1 spiro atoms. The van der Waals surface area contributed by atoms with Gasteiger partial charge < -0.3 is 10.6 Å². The molecule has 1 aromatic rings. The lowest BCUT2D eigenvalue weighted by Gasteiger charge is -2.40. The van der Waals surface area contributed by atoms with E-state index in [1.807, 2.05) is 19.2 Å². The molecular formula is C16H25N3. The Morgan fingerprint density at radius 2 is 1.89 bits per heavy atom. The minimum Gasteiger partial charge on any atom is -0.356 e. The molecule has 3 heteroatoms. The second kappa shape index (κ2) is 5.12. The van der Waals surface area contributed by atoms with Gasteiger partial charge in [-0.2, -0.15) is 0 Å². The third-order valence-corrected chi connectivity index (χ3v) is 5.10. The Balaban J connectivity index is 1.75. The molecule has 1 aliphatic heterocycles. The van der Waals surface area contributed by atoms with E-state index in [9.17, 15) is 0 Å². The second-order valence-electron chi connectivity index (χ2n) is 6.40. The average Bonchev–Trinajstić information content (AvgIpc) is 2.88. The van der Waals surface area contributed by atoms with Gasteiger partial charge in [-0.15, -0.1) is 0 Å². The van der Waals surface area contributed by atoms with Gasteiger partial charge in [0.05, 0.1) is 0 Å². The summed E-state index contributed by atoms with van der Waals surface area (Å²) in [5, 5.41) is 0. The highest BCUT2D eigenvalue weighted by atomic mass is 15.2. The van der Waals surface area contributed by atoms with Crippen LogP contribution in [0.1, 0.15) is 57.1 Å². The van der Waals surface area contributed by atoms with E-state index in [-0.39, 0.29) is 6.04 Å². The van der Waals surface area contributed by atoms with Crippen molar-refractivity contribution in [3.63, 3.8) is 0 Å². The Labute approximate surface area is 116 Å². The summed E-state index contributed by atoms with van der Waals surface area (Å²) in [5.41, 5.74) is 7.92. The molecule has 2 N–H and O–H groups in total. The first-order valence-electron chi connectivity index (χ1n) is 7.66. The highest BCUT2D eigenvalue weighted by molar-refractivity contribution is 5.48. The molecule has 2 fully saturated rings. The molecule has 1 atom stereocenters. The standard InChI is InChI=1S/C16H25N3/c1-13(17)14-5-4-10-18-15(14)19-11-8-16(9-12-19)6-2-3-7-16/h4-5,10,13H,2-3,6-9,11-12,17H2,1H3/t13-/m0/s1. The summed E-state index contributed by atoms with van der Waals surface area (Å²) in [5.74, 6) is 1.12. The second-order valence-corrected chi connectivity index (χ2v) is 6.40. The van der Waals surface area contributed by atoms with Crippen LogP contribution in [-0.2, 0) is 0 Å². The maximum absolute atomic E-state index is 6.07. The highest BCUT2D eigenvalue weighted by Gasteiger charge is 2.37. The van der Waals surface area contributed by atoms with E-state index < -0.39 is 0 Å². The van der Waals surface area contributed by atoms with Gasteiger partial charge in [-0.25, -0.2) is 4.98 Å². The average molecular weight is 259 g/mol. The van der Waals surface area contributed by atoms with Crippen LogP contribution in [0.15, 0.2) is 18.3 Å². The summed E-state index contributed by atoms with van der Waals surface area (Å²) < 4.78 is 0. The quantitative estimate of drug-likeness (QED) is 0.886. The number of hydrogen-bond acceptors (Lipinski definition) is 3. The molecule has 104 valence electrons. The number of nitrogens with two attached hydrogens (primary N) is 1. The van der Waals surface area contributed by atoms with Crippen molar-refractivity contribution >= 4 is 5.82 Å². The van der Waals surface area contributed by atoms with Gasteiger partial charge >= 0.3 is 0 Å². The van der Waals surface area contributed by atoms with Gasteiger partial charge in [-0.1, -0.05) is 18.9 Å². The third kappa shape index (κ3) is 2.48. The maximum atomic E-state index is 6.07. The van der Waals surface area contributed by atoms with Crippen LogP contribution >= 0.6 is 0 Å². The molecule has 1 saturated carbocycles. The van der Waals surface area contributed by atoms with Crippen molar-refractivity contribution in [2.45, 2.75) is 51.5 Å². The first kappa shape index (κ1) is 12.9. The van der Waals surface area contributed by atoms with Crippen LogP contribution in [0.25, 0.3) is 0 Å². The summed E-state index contributed by atoms with van der Waals surface area (Å²) in [4.78, 5) is 7.03. The molecule has 0 bridgehead atoms. The van der Waals surface area contributed by atoms with Gasteiger partial charge in [-0.05, 0) is 44.1 Å². The first-order valence-corrected chi connectivity index (χ1v) is 7.66. The molecule has 1 saturated heterocycles. The smallest absolute Gasteiger partial charge is 0.133 e. The summed E-state index contributed by atoms with van der Waals surface area (Å²) in [6.07, 6.45) is 10.3. The van der Waals surface area contributed by atoms with Gasteiger partial charge in [0.15, 0.2) is 0 Å².